The molecule has 0 bridgehead atoms. The summed E-state index contributed by atoms with van der Waals surface area (Å²) in [7, 11) is 0. The van der Waals surface area contributed by atoms with Crippen molar-refractivity contribution in [2.75, 3.05) is 0 Å². The van der Waals surface area contributed by atoms with Crippen LogP contribution in [0.25, 0.3) is 16.8 Å². The van der Waals surface area contributed by atoms with Crippen molar-refractivity contribution in [3.8, 4) is 0 Å². The molecule has 102 valence electrons. The average molecular weight is 335 g/mol. The highest BCUT2D eigenvalue weighted by Crippen LogP contribution is 2.43. The minimum atomic E-state index is 0.334. The number of rotatable bonds is 1. The highest BCUT2D eigenvalue weighted by Gasteiger charge is 2.24. The highest BCUT2D eigenvalue weighted by molar-refractivity contribution is 9.10. The molecule has 1 aliphatic rings. The lowest BCUT2D eigenvalue weighted by atomic mass is 9.88. The maximum absolute atomic E-state index is 3.74. The number of fused-ring (bicyclic) bond motifs is 2. The second-order valence-electron chi connectivity index (χ2n) is 5.60. The normalized spacial score (nSPS) is 16.4. The Labute approximate surface area is 133 Å². The first-order chi connectivity index (χ1) is 10.3. The van der Waals surface area contributed by atoms with Gasteiger partial charge in [-0.3, -0.25) is 0 Å². The van der Waals surface area contributed by atoms with Gasteiger partial charge in [0.1, 0.15) is 0 Å². The van der Waals surface area contributed by atoms with Crippen LogP contribution in [0.15, 0.2) is 65.1 Å². The second kappa shape index (κ2) is 4.85. The van der Waals surface area contributed by atoms with Crippen molar-refractivity contribution >= 4 is 32.8 Å². The smallest absolute Gasteiger partial charge is 0.0296 e. The molecule has 1 atom stereocenters. The van der Waals surface area contributed by atoms with Crippen molar-refractivity contribution in [3.05, 3.63) is 87.4 Å². The number of hydrogen-bond acceptors (Lipinski definition) is 0. The maximum atomic E-state index is 3.74. The Kier molecular flexibility index (Phi) is 2.97. The maximum Gasteiger partial charge on any atom is 0.0296 e. The van der Waals surface area contributed by atoms with E-state index >= 15 is 0 Å². The second-order valence-corrected chi connectivity index (χ2v) is 6.45. The fourth-order valence-electron chi connectivity index (χ4n) is 3.33. The molecular weight excluding hydrogens is 320 g/mol. The molecular formula is C20H15Br. The minimum absolute atomic E-state index is 0.334. The number of allylic oxidation sites excluding steroid dienone is 1. The third-order valence-electron chi connectivity index (χ3n) is 4.38. The molecule has 0 N–H and O–H groups in total. The minimum Gasteiger partial charge on any atom is -0.0719 e. The van der Waals surface area contributed by atoms with Crippen LogP contribution in [0.3, 0.4) is 0 Å². The molecule has 0 aromatic heterocycles. The summed E-state index contributed by atoms with van der Waals surface area (Å²) < 4.78 is 1.20. The fraction of sp³-hybridized carbons (Fsp3) is 0.100. The molecule has 21 heavy (non-hydrogen) atoms. The van der Waals surface area contributed by atoms with E-state index in [-0.39, 0.29) is 0 Å². The van der Waals surface area contributed by atoms with Crippen LogP contribution in [0.1, 0.15) is 28.2 Å². The number of aryl methyl sites for hydroxylation is 1. The first-order valence-electron chi connectivity index (χ1n) is 7.20. The molecule has 0 saturated carbocycles. The van der Waals surface area contributed by atoms with Gasteiger partial charge < -0.3 is 0 Å². The standard InChI is InChI=1S/C20H15Br/c1-13-9-12-19(21)20-15(13)10-11-18(20)17-8-4-6-14-5-2-3-7-16(14)17/h2-12,18H,1H3. The lowest BCUT2D eigenvalue weighted by Crippen LogP contribution is -1.99. The largest absolute Gasteiger partial charge is 0.0719 e. The molecule has 0 saturated heterocycles. The zero-order valence-electron chi connectivity index (χ0n) is 11.8. The van der Waals surface area contributed by atoms with Gasteiger partial charge in [-0.25, -0.2) is 0 Å². The molecule has 0 heterocycles. The Hall–Kier alpha value is -1.86. The Bertz CT molecular complexity index is 869. The van der Waals surface area contributed by atoms with Crippen LogP contribution in [-0.4, -0.2) is 0 Å². The van der Waals surface area contributed by atoms with Gasteiger partial charge in [-0.1, -0.05) is 76.6 Å². The summed E-state index contributed by atoms with van der Waals surface area (Å²) in [6.07, 6.45) is 4.59. The van der Waals surface area contributed by atoms with Crippen molar-refractivity contribution in [2.24, 2.45) is 0 Å². The first-order valence-corrected chi connectivity index (χ1v) is 8.00. The molecule has 0 spiro atoms. The molecule has 0 radical (unpaired) electrons. The van der Waals surface area contributed by atoms with Crippen LogP contribution in [0.5, 0.6) is 0 Å². The Morgan fingerprint density at radius 2 is 1.71 bits per heavy atom. The van der Waals surface area contributed by atoms with E-state index in [1.807, 2.05) is 0 Å². The van der Waals surface area contributed by atoms with E-state index in [9.17, 15) is 0 Å². The summed E-state index contributed by atoms with van der Waals surface area (Å²) in [6, 6.07) is 19.6. The van der Waals surface area contributed by atoms with Gasteiger partial charge in [0, 0.05) is 10.4 Å². The van der Waals surface area contributed by atoms with Crippen molar-refractivity contribution in [1.82, 2.24) is 0 Å². The van der Waals surface area contributed by atoms with E-state index < -0.39 is 0 Å². The molecule has 0 amide bonds. The lowest BCUT2D eigenvalue weighted by Gasteiger charge is -2.17. The summed E-state index contributed by atoms with van der Waals surface area (Å²) in [5, 5.41) is 2.65. The van der Waals surface area contributed by atoms with Crippen LogP contribution in [0, 0.1) is 6.92 Å². The Morgan fingerprint density at radius 1 is 0.905 bits per heavy atom. The van der Waals surface area contributed by atoms with Crippen LogP contribution >= 0.6 is 15.9 Å². The van der Waals surface area contributed by atoms with Crippen molar-refractivity contribution in [1.29, 1.82) is 0 Å². The summed E-state index contributed by atoms with van der Waals surface area (Å²) in [5.74, 6) is 0.334. The van der Waals surface area contributed by atoms with Crippen molar-refractivity contribution in [3.63, 3.8) is 0 Å². The summed E-state index contributed by atoms with van der Waals surface area (Å²) >= 11 is 3.74. The van der Waals surface area contributed by atoms with Crippen LogP contribution < -0.4 is 0 Å². The molecule has 0 fully saturated rings. The molecule has 1 unspecified atom stereocenters. The van der Waals surface area contributed by atoms with E-state index in [1.165, 1.54) is 37.5 Å². The Balaban J connectivity index is 1.98. The van der Waals surface area contributed by atoms with E-state index in [0.29, 0.717) is 5.92 Å². The predicted octanol–water partition coefficient (Wildman–Crippen LogP) is 6.07. The zero-order chi connectivity index (χ0) is 14.4. The van der Waals surface area contributed by atoms with Gasteiger partial charge in [0.05, 0.1) is 0 Å². The molecule has 0 aliphatic heterocycles. The molecule has 1 aliphatic carbocycles. The Morgan fingerprint density at radius 3 is 2.62 bits per heavy atom. The molecule has 3 aromatic rings. The van der Waals surface area contributed by atoms with Gasteiger partial charge in [-0.2, -0.15) is 0 Å². The zero-order valence-corrected chi connectivity index (χ0v) is 13.4. The van der Waals surface area contributed by atoms with Gasteiger partial charge in [0.25, 0.3) is 0 Å². The van der Waals surface area contributed by atoms with Crippen LogP contribution in [0.2, 0.25) is 0 Å². The van der Waals surface area contributed by atoms with Crippen LogP contribution in [0.4, 0.5) is 0 Å². The molecule has 0 nitrogen and oxygen atoms in total. The van der Waals surface area contributed by atoms with E-state index in [4.69, 9.17) is 0 Å². The molecule has 4 rings (SSSR count). The van der Waals surface area contributed by atoms with Gasteiger partial charge in [-0.15, -0.1) is 0 Å². The third kappa shape index (κ3) is 1.96. The summed E-state index contributed by atoms with van der Waals surface area (Å²) in [4.78, 5) is 0. The predicted molar refractivity (Wildman–Crippen MR) is 93.7 cm³/mol. The van der Waals surface area contributed by atoms with E-state index in [1.54, 1.807) is 0 Å². The quantitative estimate of drug-likeness (QED) is 0.506. The highest BCUT2D eigenvalue weighted by atomic mass is 79.9. The number of hydrogen-bond donors (Lipinski definition) is 0. The average Bonchev–Trinajstić information content (AvgIpc) is 2.96. The lowest BCUT2D eigenvalue weighted by molar-refractivity contribution is 1.05. The molecule has 1 heteroatoms. The monoisotopic (exact) mass is 334 g/mol. The number of benzene rings is 3. The van der Waals surface area contributed by atoms with E-state index in [2.05, 4.69) is 89.6 Å². The fourth-order valence-corrected chi connectivity index (χ4v) is 3.92. The molecule has 3 aromatic carbocycles. The topological polar surface area (TPSA) is 0 Å². The van der Waals surface area contributed by atoms with Crippen molar-refractivity contribution < 1.29 is 0 Å². The van der Waals surface area contributed by atoms with Gasteiger partial charge in [-0.05, 0) is 46.0 Å². The third-order valence-corrected chi connectivity index (χ3v) is 5.07. The van der Waals surface area contributed by atoms with E-state index in [0.717, 1.165) is 0 Å². The first kappa shape index (κ1) is 12.8. The van der Waals surface area contributed by atoms with Gasteiger partial charge in [0.2, 0.25) is 0 Å². The SMILES string of the molecule is Cc1ccc(Br)c2c1C=CC2c1cccc2ccccc12. The van der Waals surface area contributed by atoms with Crippen molar-refractivity contribution in [2.45, 2.75) is 12.8 Å². The van der Waals surface area contributed by atoms with Gasteiger partial charge >= 0.3 is 0 Å². The van der Waals surface area contributed by atoms with Crippen LogP contribution in [-0.2, 0) is 0 Å². The summed E-state index contributed by atoms with van der Waals surface area (Å²) in [6.45, 7) is 2.18. The van der Waals surface area contributed by atoms with Gasteiger partial charge in [0.15, 0.2) is 0 Å². The number of halogens is 1. The summed E-state index contributed by atoms with van der Waals surface area (Å²) in [5.41, 5.74) is 5.48.